The SMILES string of the molecule is c1cc(-c2cccc3ccccc23)cc(-c2c3ccccc3c(-c3cccc(-c4cccc5ccccc45)c3)c3cc(-c4c5oc6ccccc6c5cc5c4oc4ccccc45)ccc23)c1. The van der Waals surface area contributed by atoms with Crippen LogP contribution in [0.25, 0.3) is 143 Å². The lowest BCUT2D eigenvalue weighted by atomic mass is 9.83. The smallest absolute Gasteiger partial charge is 0.147 e. The minimum atomic E-state index is 0.824. The van der Waals surface area contributed by atoms with Crippen molar-refractivity contribution in [1.29, 1.82) is 0 Å². The van der Waals surface area contributed by atoms with Crippen LogP contribution >= 0.6 is 0 Å². The first-order valence-electron chi connectivity index (χ1n) is 22.6. The van der Waals surface area contributed by atoms with E-state index in [2.05, 4.69) is 218 Å². The normalized spacial score (nSPS) is 11.9. The zero-order valence-electron chi connectivity index (χ0n) is 35.8. The molecule has 2 nitrogen and oxygen atoms in total. The second kappa shape index (κ2) is 14.4. The van der Waals surface area contributed by atoms with Gasteiger partial charge in [0.15, 0.2) is 0 Å². The molecule has 306 valence electrons. The third-order valence-corrected chi connectivity index (χ3v) is 13.8. The van der Waals surface area contributed by atoms with Crippen molar-refractivity contribution in [2.75, 3.05) is 0 Å². The fraction of sp³-hybridized carbons (Fsp3) is 0. The molecule has 0 N–H and O–H groups in total. The Hall–Kier alpha value is -8.72. The third-order valence-electron chi connectivity index (χ3n) is 13.8. The summed E-state index contributed by atoms with van der Waals surface area (Å²) in [5, 5.41) is 14.0. The van der Waals surface area contributed by atoms with Gasteiger partial charge in [-0.05, 0) is 130 Å². The van der Waals surface area contributed by atoms with Crippen molar-refractivity contribution in [2.45, 2.75) is 0 Å². The van der Waals surface area contributed by atoms with Crippen LogP contribution in [0, 0.1) is 0 Å². The molecule has 0 radical (unpaired) electrons. The van der Waals surface area contributed by atoms with Crippen LogP contribution in [-0.4, -0.2) is 0 Å². The first kappa shape index (κ1) is 36.7. The number of benzene rings is 12. The Morgan fingerprint density at radius 2 is 0.606 bits per heavy atom. The molecule has 0 amide bonds. The molecule has 0 fully saturated rings. The molecule has 0 aliphatic carbocycles. The number of para-hydroxylation sites is 2. The van der Waals surface area contributed by atoms with Crippen LogP contribution in [0.5, 0.6) is 0 Å². The summed E-state index contributed by atoms with van der Waals surface area (Å²) in [6.45, 7) is 0. The van der Waals surface area contributed by atoms with Gasteiger partial charge in [0.1, 0.15) is 22.3 Å². The Bertz CT molecular complexity index is 4200. The molecule has 2 heteroatoms. The number of hydrogen-bond donors (Lipinski definition) is 0. The molecule has 66 heavy (non-hydrogen) atoms. The van der Waals surface area contributed by atoms with Crippen LogP contribution in [-0.2, 0) is 0 Å². The molecule has 0 spiro atoms. The average Bonchev–Trinajstić information content (AvgIpc) is 3.95. The van der Waals surface area contributed by atoms with E-state index in [0.29, 0.717) is 0 Å². The van der Waals surface area contributed by atoms with E-state index in [1.165, 1.54) is 76.6 Å². The van der Waals surface area contributed by atoms with Crippen molar-refractivity contribution >= 4 is 87.0 Å². The summed E-state index contributed by atoms with van der Waals surface area (Å²) in [6.07, 6.45) is 0. The summed E-state index contributed by atoms with van der Waals surface area (Å²) in [7, 11) is 0. The van der Waals surface area contributed by atoms with Crippen molar-refractivity contribution < 1.29 is 8.83 Å². The van der Waals surface area contributed by atoms with E-state index in [1.807, 2.05) is 12.1 Å². The quantitative estimate of drug-likeness (QED) is 0.161. The van der Waals surface area contributed by atoms with Crippen LogP contribution in [0.2, 0.25) is 0 Å². The first-order valence-corrected chi connectivity index (χ1v) is 22.6. The topological polar surface area (TPSA) is 26.3 Å². The molecule has 0 unspecified atom stereocenters. The molecule has 14 aromatic rings. The standard InChI is InChI=1S/C64H38O2/c1-3-23-46-39(15-1)17-13-29-48(46)41-19-11-21-43(35-41)60-52-27-5-6-28-53(52)61(44-22-12-20-42(36-44)49-30-14-18-40-16-2-4-24-47(40)49)55-37-45(33-34-54(55)60)62-63-56(50-25-7-9-31-58(50)65-63)38-57-51-26-8-10-32-59(51)66-64(57)62/h1-38H. The van der Waals surface area contributed by atoms with Gasteiger partial charge < -0.3 is 8.83 Å². The Morgan fingerprint density at radius 1 is 0.212 bits per heavy atom. The Labute approximate surface area is 380 Å². The van der Waals surface area contributed by atoms with Gasteiger partial charge >= 0.3 is 0 Å². The van der Waals surface area contributed by atoms with E-state index >= 15 is 0 Å². The molecule has 0 bridgehead atoms. The van der Waals surface area contributed by atoms with E-state index < -0.39 is 0 Å². The van der Waals surface area contributed by atoms with Gasteiger partial charge in [-0.1, -0.05) is 194 Å². The van der Waals surface area contributed by atoms with Gasteiger partial charge in [0.2, 0.25) is 0 Å². The van der Waals surface area contributed by atoms with E-state index in [0.717, 1.165) is 66.0 Å². The highest BCUT2D eigenvalue weighted by Crippen LogP contribution is 2.49. The van der Waals surface area contributed by atoms with E-state index in [9.17, 15) is 0 Å². The van der Waals surface area contributed by atoms with Crippen molar-refractivity contribution in [3.05, 3.63) is 231 Å². The summed E-state index contributed by atoms with van der Waals surface area (Å²) < 4.78 is 13.7. The Kier molecular flexibility index (Phi) is 8.02. The molecular weight excluding hydrogens is 801 g/mol. The zero-order valence-corrected chi connectivity index (χ0v) is 35.8. The summed E-state index contributed by atoms with van der Waals surface area (Å²) in [6, 6.07) is 83.7. The number of rotatable bonds is 5. The molecule has 0 saturated carbocycles. The molecular formula is C64H38O2. The maximum atomic E-state index is 6.86. The van der Waals surface area contributed by atoms with Crippen molar-refractivity contribution in [1.82, 2.24) is 0 Å². The predicted octanol–water partition coefficient (Wildman–Crippen LogP) is 18.4. The minimum absolute atomic E-state index is 0.824. The van der Waals surface area contributed by atoms with Gasteiger partial charge in [-0.2, -0.15) is 0 Å². The summed E-state index contributed by atoms with van der Waals surface area (Å²) in [5.74, 6) is 0. The molecule has 0 aliphatic rings. The average molecular weight is 839 g/mol. The zero-order chi connectivity index (χ0) is 43.3. The maximum Gasteiger partial charge on any atom is 0.147 e. The lowest BCUT2D eigenvalue weighted by Crippen LogP contribution is -1.93. The Balaban J connectivity index is 1.09. The summed E-state index contributed by atoms with van der Waals surface area (Å²) in [4.78, 5) is 0. The van der Waals surface area contributed by atoms with E-state index in [4.69, 9.17) is 8.83 Å². The third kappa shape index (κ3) is 5.55. The molecule has 2 heterocycles. The highest BCUT2D eigenvalue weighted by Gasteiger charge is 2.24. The van der Waals surface area contributed by atoms with E-state index in [-0.39, 0.29) is 0 Å². The molecule has 0 aliphatic heterocycles. The molecule has 14 rings (SSSR count). The van der Waals surface area contributed by atoms with Crippen LogP contribution in [0.4, 0.5) is 0 Å². The largest absolute Gasteiger partial charge is 0.455 e. The number of furan rings is 2. The maximum absolute atomic E-state index is 6.86. The van der Waals surface area contributed by atoms with Crippen LogP contribution < -0.4 is 0 Å². The summed E-state index contributed by atoms with van der Waals surface area (Å²) >= 11 is 0. The van der Waals surface area contributed by atoms with Crippen molar-refractivity contribution in [3.8, 4) is 55.6 Å². The van der Waals surface area contributed by atoms with Gasteiger partial charge in [0.05, 0.1) is 5.56 Å². The molecule has 0 saturated heterocycles. The lowest BCUT2D eigenvalue weighted by Gasteiger charge is -2.20. The van der Waals surface area contributed by atoms with Crippen LogP contribution in [0.15, 0.2) is 239 Å². The highest BCUT2D eigenvalue weighted by atomic mass is 16.3. The van der Waals surface area contributed by atoms with Crippen molar-refractivity contribution in [3.63, 3.8) is 0 Å². The van der Waals surface area contributed by atoms with E-state index in [1.54, 1.807) is 0 Å². The fourth-order valence-electron chi connectivity index (χ4n) is 10.9. The minimum Gasteiger partial charge on any atom is -0.455 e. The Morgan fingerprint density at radius 3 is 1.15 bits per heavy atom. The van der Waals surface area contributed by atoms with Crippen LogP contribution in [0.3, 0.4) is 0 Å². The first-order chi connectivity index (χ1) is 32.7. The number of fused-ring (bicyclic) bond motifs is 10. The molecule has 2 aromatic heterocycles. The molecule has 0 atom stereocenters. The monoisotopic (exact) mass is 838 g/mol. The highest BCUT2D eigenvalue weighted by molar-refractivity contribution is 6.25. The van der Waals surface area contributed by atoms with Gasteiger partial charge in [-0.15, -0.1) is 0 Å². The van der Waals surface area contributed by atoms with Gasteiger partial charge in [-0.3, -0.25) is 0 Å². The number of hydrogen-bond acceptors (Lipinski definition) is 2. The second-order valence-electron chi connectivity index (χ2n) is 17.5. The van der Waals surface area contributed by atoms with Gasteiger partial charge in [-0.25, -0.2) is 0 Å². The lowest BCUT2D eigenvalue weighted by molar-refractivity contribution is 0.658. The van der Waals surface area contributed by atoms with Gasteiger partial charge in [0, 0.05) is 21.5 Å². The second-order valence-corrected chi connectivity index (χ2v) is 17.5. The van der Waals surface area contributed by atoms with Crippen LogP contribution in [0.1, 0.15) is 0 Å². The fourth-order valence-corrected chi connectivity index (χ4v) is 10.9. The van der Waals surface area contributed by atoms with Gasteiger partial charge in [0.25, 0.3) is 0 Å². The predicted molar refractivity (Wildman–Crippen MR) is 278 cm³/mol. The van der Waals surface area contributed by atoms with Crippen molar-refractivity contribution in [2.24, 2.45) is 0 Å². The molecule has 12 aromatic carbocycles. The summed E-state index contributed by atoms with van der Waals surface area (Å²) in [5.41, 5.74) is 14.9.